The van der Waals surface area contributed by atoms with Gasteiger partial charge in [0.1, 0.15) is 11.5 Å². The Hall–Kier alpha value is -3.28. The molecule has 0 amide bonds. The van der Waals surface area contributed by atoms with Crippen molar-refractivity contribution in [2.24, 2.45) is 16.8 Å². The van der Waals surface area contributed by atoms with Crippen molar-refractivity contribution in [1.29, 1.82) is 10.8 Å². The SMILES string of the molecule is CN=CC(C(=N)CC(Nc1cccc(OC)c1)c1ccc(C)cc1)C(C(C)=N)C(C)=O. The average molecular weight is 421 g/mol. The van der Waals surface area contributed by atoms with Crippen molar-refractivity contribution >= 4 is 29.1 Å². The maximum atomic E-state index is 12.2. The van der Waals surface area contributed by atoms with E-state index in [4.69, 9.17) is 15.6 Å². The second kappa shape index (κ2) is 11.2. The number of carbonyl (C=O) groups excluding carboxylic acids is 1. The third kappa shape index (κ3) is 6.60. The number of methoxy groups -OCH3 is 1. The van der Waals surface area contributed by atoms with Gasteiger partial charge in [0.25, 0.3) is 0 Å². The summed E-state index contributed by atoms with van der Waals surface area (Å²) in [6, 6.07) is 15.7. The summed E-state index contributed by atoms with van der Waals surface area (Å²) in [7, 11) is 3.26. The fraction of sp³-hybridized carbons (Fsp3) is 0.360. The lowest BCUT2D eigenvalue weighted by Gasteiger charge is -2.26. The van der Waals surface area contributed by atoms with Gasteiger partial charge in [0, 0.05) is 48.8 Å². The number of Topliss-reactive ketones (excluding diaryl/α,β-unsaturated/α-hetero) is 1. The fourth-order valence-electron chi connectivity index (χ4n) is 3.69. The molecular weight excluding hydrogens is 388 g/mol. The van der Waals surface area contributed by atoms with Gasteiger partial charge < -0.3 is 25.9 Å². The van der Waals surface area contributed by atoms with Crippen LogP contribution >= 0.6 is 0 Å². The number of carbonyl (C=O) groups is 1. The molecule has 31 heavy (non-hydrogen) atoms. The van der Waals surface area contributed by atoms with Crippen LogP contribution in [0.2, 0.25) is 0 Å². The molecule has 0 aliphatic carbocycles. The molecule has 6 nitrogen and oxygen atoms in total. The van der Waals surface area contributed by atoms with Crippen LogP contribution in [0.25, 0.3) is 0 Å². The second-order valence-corrected chi connectivity index (χ2v) is 7.77. The lowest BCUT2D eigenvalue weighted by Crippen LogP contribution is -2.35. The van der Waals surface area contributed by atoms with Crippen molar-refractivity contribution in [3.63, 3.8) is 0 Å². The Labute approximate surface area is 184 Å². The van der Waals surface area contributed by atoms with Gasteiger partial charge in [-0.1, -0.05) is 35.9 Å². The maximum absolute atomic E-state index is 12.2. The topological polar surface area (TPSA) is 98.4 Å². The lowest BCUT2D eigenvalue weighted by atomic mass is 9.80. The Morgan fingerprint density at radius 1 is 1.16 bits per heavy atom. The van der Waals surface area contributed by atoms with Gasteiger partial charge in [0.05, 0.1) is 19.1 Å². The molecule has 2 aromatic carbocycles. The maximum Gasteiger partial charge on any atom is 0.139 e. The van der Waals surface area contributed by atoms with Crippen LogP contribution in [-0.4, -0.2) is 37.6 Å². The number of anilines is 1. The van der Waals surface area contributed by atoms with Gasteiger partial charge in [-0.05, 0) is 38.5 Å². The van der Waals surface area contributed by atoms with Crippen LogP contribution in [0.15, 0.2) is 53.5 Å². The predicted molar refractivity (Wildman–Crippen MR) is 128 cm³/mol. The standard InChI is InChI=1S/C25H32N4O2/c1-16-9-11-19(12-10-16)24(29-20-7-6-8-21(13-20)31-5)14-23(27)22(15-28-4)25(17(2)26)18(3)30/h6-13,15,22,24-27,29H,14H2,1-5H3. The minimum Gasteiger partial charge on any atom is -0.497 e. The smallest absolute Gasteiger partial charge is 0.139 e. The number of hydrogen-bond donors (Lipinski definition) is 3. The summed E-state index contributed by atoms with van der Waals surface area (Å²) < 4.78 is 5.33. The Morgan fingerprint density at radius 3 is 2.39 bits per heavy atom. The number of rotatable bonds is 11. The lowest BCUT2D eigenvalue weighted by molar-refractivity contribution is -0.119. The van der Waals surface area contributed by atoms with E-state index in [-0.39, 0.29) is 17.5 Å². The van der Waals surface area contributed by atoms with Gasteiger partial charge in [-0.3, -0.25) is 4.79 Å². The molecule has 164 valence electrons. The van der Waals surface area contributed by atoms with E-state index in [1.165, 1.54) is 6.92 Å². The van der Waals surface area contributed by atoms with Crippen LogP contribution in [0, 0.1) is 29.6 Å². The van der Waals surface area contributed by atoms with E-state index in [1.807, 2.05) is 55.5 Å². The van der Waals surface area contributed by atoms with Gasteiger partial charge in [-0.15, -0.1) is 0 Å². The van der Waals surface area contributed by atoms with E-state index in [9.17, 15) is 4.79 Å². The summed E-state index contributed by atoms with van der Waals surface area (Å²) in [5.41, 5.74) is 3.68. The molecule has 2 rings (SSSR count). The molecule has 0 radical (unpaired) electrons. The quantitative estimate of drug-likeness (QED) is 0.440. The summed E-state index contributed by atoms with van der Waals surface area (Å²) in [5, 5.41) is 20.4. The molecule has 0 spiro atoms. The molecule has 0 aliphatic heterocycles. The number of nitrogens with one attached hydrogen (secondary N) is 3. The molecule has 0 aromatic heterocycles. The van der Waals surface area contributed by atoms with E-state index in [0.717, 1.165) is 22.6 Å². The van der Waals surface area contributed by atoms with Crippen molar-refractivity contribution < 1.29 is 9.53 Å². The molecule has 6 heteroatoms. The van der Waals surface area contributed by atoms with Crippen molar-refractivity contribution in [3.8, 4) is 5.75 Å². The van der Waals surface area contributed by atoms with Gasteiger partial charge >= 0.3 is 0 Å². The predicted octanol–water partition coefficient (Wildman–Crippen LogP) is 5.13. The zero-order chi connectivity index (χ0) is 23.0. The molecule has 3 unspecified atom stereocenters. The number of nitrogens with zero attached hydrogens (tertiary/aromatic N) is 1. The molecule has 3 N–H and O–H groups in total. The van der Waals surface area contributed by atoms with Crippen LogP contribution in [0.1, 0.15) is 37.4 Å². The first-order chi connectivity index (χ1) is 14.8. The zero-order valence-corrected chi connectivity index (χ0v) is 18.9. The molecular formula is C25H32N4O2. The van der Waals surface area contributed by atoms with Gasteiger partial charge in [0.2, 0.25) is 0 Å². The zero-order valence-electron chi connectivity index (χ0n) is 18.9. The van der Waals surface area contributed by atoms with Gasteiger partial charge in [-0.2, -0.15) is 0 Å². The molecule has 0 aliphatic rings. The van der Waals surface area contributed by atoms with E-state index >= 15 is 0 Å². The number of hydrogen-bond acceptors (Lipinski definition) is 6. The van der Waals surface area contributed by atoms with Crippen LogP contribution in [0.5, 0.6) is 5.75 Å². The van der Waals surface area contributed by atoms with Crippen LogP contribution in [0.4, 0.5) is 5.69 Å². The van der Waals surface area contributed by atoms with Crippen LogP contribution in [0.3, 0.4) is 0 Å². The van der Waals surface area contributed by atoms with E-state index in [0.29, 0.717) is 12.1 Å². The van der Waals surface area contributed by atoms with E-state index in [1.54, 1.807) is 27.3 Å². The summed E-state index contributed by atoms with van der Waals surface area (Å²) in [6.07, 6.45) is 1.98. The first-order valence-electron chi connectivity index (χ1n) is 10.3. The van der Waals surface area contributed by atoms with Gasteiger partial charge in [-0.25, -0.2) is 0 Å². The van der Waals surface area contributed by atoms with E-state index < -0.39 is 11.8 Å². The van der Waals surface area contributed by atoms with E-state index in [2.05, 4.69) is 10.3 Å². The molecule has 3 atom stereocenters. The molecule has 2 aromatic rings. The van der Waals surface area contributed by atoms with Crippen molar-refractivity contribution in [1.82, 2.24) is 0 Å². The molecule has 0 fully saturated rings. The number of benzene rings is 2. The Balaban J connectivity index is 2.38. The van der Waals surface area contributed by atoms with Crippen molar-refractivity contribution in [2.75, 3.05) is 19.5 Å². The summed E-state index contributed by atoms with van der Waals surface area (Å²) >= 11 is 0. The Bertz CT molecular complexity index is 936. The average Bonchev–Trinajstić information content (AvgIpc) is 2.73. The third-order valence-electron chi connectivity index (χ3n) is 5.29. The first kappa shape index (κ1) is 24.0. The minimum absolute atomic E-state index is 0.130. The molecule has 0 bridgehead atoms. The van der Waals surface area contributed by atoms with Crippen molar-refractivity contribution in [2.45, 2.75) is 33.2 Å². The highest BCUT2D eigenvalue weighted by Gasteiger charge is 2.31. The number of ether oxygens (including phenoxy) is 1. The van der Waals surface area contributed by atoms with Gasteiger partial charge in [0.15, 0.2) is 0 Å². The largest absolute Gasteiger partial charge is 0.497 e. The summed E-state index contributed by atoms with van der Waals surface area (Å²) in [4.78, 5) is 16.3. The Morgan fingerprint density at radius 2 is 1.84 bits per heavy atom. The molecule has 0 heterocycles. The third-order valence-corrected chi connectivity index (χ3v) is 5.29. The highest BCUT2D eigenvalue weighted by Crippen LogP contribution is 2.28. The number of aryl methyl sites for hydroxylation is 1. The first-order valence-corrected chi connectivity index (χ1v) is 10.3. The summed E-state index contributed by atoms with van der Waals surface area (Å²) in [5.74, 6) is -0.601. The normalized spacial score (nSPS) is 14.0. The highest BCUT2D eigenvalue weighted by atomic mass is 16.5. The van der Waals surface area contributed by atoms with Crippen LogP contribution in [-0.2, 0) is 4.79 Å². The van der Waals surface area contributed by atoms with Crippen LogP contribution < -0.4 is 10.1 Å². The number of aliphatic imine (C=N–C) groups is 1. The second-order valence-electron chi connectivity index (χ2n) is 7.77. The summed E-state index contributed by atoms with van der Waals surface area (Å²) in [6.45, 7) is 5.12. The Kier molecular flexibility index (Phi) is 8.67. The molecule has 0 saturated heterocycles. The number of ketones is 1. The fourth-order valence-corrected chi connectivity index (χ4v) is 3.69. The highest BCUT2D eigenvalue weighted by molar-refractivity contribution is 6.11. The minimum atomic E-state index is -0.674. The van der Waals surface area contributed by atoms with Crippen molar-refractivity contribution in [3.05, 3.63) is 59.7 Å². The molecule has 0 saturated carbocycles. The monoisotopic (exact) mass is 420 g/mol.